The minimum absolute atomic E-state index is 0.00626. The van der Waals surface area contributed by atoms with E-state index in [1.54, 1.807) is 60.8 Å². The molecule has 3 aromatic rings. The number of Topliss-reactive ketones (excluding diaryl/α,β-unsaturated/α-hetero) is 1. The fraction of sp³-hybridized carbons (Fsp3) is 0.250. The Balaban J connectivity index is 1.69. The monoisotopic (exact) mass is 472 g/mol. The Hall–Kier alpha value is -4.13. The first-order valence-corrected chi connectivity index (χ1v) is 11.7. The number of unbranched alkanes of at least 4 members (excludes halogenated alkanes) is 2. The normalized spacial score (nSPS) is 17.1. The molecule has 1 aliphatic heterocycles. The standard InChI is InChI=1S/C28H28N2O5/c1-2-3-6-17-35-23-14-10-20(11-15-23)26(32)24-25(19-8-12-22(31)13-9-19)30(28(34)27(24)33)18-21-7-4-5-16-29-21/h4-5,7-16,25,31-32H,2-3,6,17-18H2,1H3/b26-24+. The number of likely N-dealkylation sites (tertiary alicyclic amines) is 1. The van der Waals surface area contributed by atoms with E-state index in [-0.39, 0.29) is 23.6 Å². The summed E-state index contributed by atoms with van der Waals surface area (Å²) in [6.45, 7) is 2.83. The van der Waals surface area contributed by atoms with Crippen molar-refractivity contribution in [2.45, 2.75) is 38.8 Å². The number of aliphatic hydroxyl groups is 1. The summed E-state index contributed by atoms with van der Waals surface area (Å²) in [7, 11) is 0. The van der Waals surface area contributed by atoms with Crippen molar-refractivity contribution in [3.8, 4) is 11.5 Å². The molecule has 1 fully saturated rings. The van der Waals surface area contributed by atoms with Crippen LogP contribution in [-0.2, 0) is 16.1 Å². The van der Waals surface area contributed by atoms with Crippen LogP contribution in [0.2, 0.25) is 0 Å². The van der Waals surface area contributed by atoms with Gasteiger partial charge in [-0.3, -0.25) is 14.6 Å². The van der Waals surface area contributed by atoms with Gasteiger partial charge in [0.2, 0.25) is 0 Å². The van der Waals surface area contributed by atoms with Crippen LogP contribution in [0.3, 0.4) is 0 Å². The zero-order chi connectivity index (χ0) is 24.8. The first-order valence-electron chi connectivity index (χ1n) is 11.7. The van der Waals surface area contributed by atoms with Gasteiger partial charge in [0.25, 0.3) is 11.7 Å². The highest BCUT2D eigenvalue weighted by Crippen LogP contribution is 2.40. The summed E-state index contributed by atoms with van der Waals surface area (Å²) in [6.07, 6.45) is 4.78. The lowest BCUT2D eigenvalue weighted by atomic mass is 9.95. The average molecular weight is 473 g/mol. The van der Waals surface area contributed by atoms with Crippen LogP contribution in [0, 0.1) is 0 Å². The highest BCUT2D eigenvalue weighted by molar-refractivity contribution is 6.46. The molecule has 0 aliphatic carbocycles. The number of ether oxygens (including phenoxy) is 1. The Labute approximate surface area is 204 Å². The summed E-state index contributed by atoms with van der Waals surface area (Å²) in [6, 6.07) is 17.6. The van der Waals surface area contributed by atoms with Gasteiger partial charge in [0.1, 0.15) is 17.3 Å². The topological polar surface area (TPSA) is 100.0 Å². The van der Waals surface area contributed by atoms with Crippen LogP contribution in [0.4, 0.5) is 0 Å². The van der Waals surface area contributed by atoms with Crippen molar-refractivity contribution >= 4 is 17.4 Å². The lowest BCUT2D eigenvalue weighted by Crippen LogP contribution is -2.29. The number of aromatic hydroxyl groups is 1. The van der Waals surface area contributed by atoms with E-state index in [9.17, 15) is 19.8 Å². The number of pyridine rings is 1. The summed E-state index contributed by atoms with van der Waals surface area (Å²) >= 11 is 0. The number of aliphatic hydroxyl groups excluding tert-OH is 1. The summed E-state index contributed by atoms with van der Waals surface area (Å²) in [5.74, 6) is -1.02. The van der Waals surface area contributed by atoms with Gasteiger partial charge < -0.3 is 19.8 Å². The van der Waals surface area contributed by atoms with E-state index in [1.807, 2.05) is 0 Å². The van der Waals surface area contributed by atoms with Gasteiger partial charge in [-0.15, -0.1) is 0 Å². The maximum absolute atomic E-state index is 13.1. The molecule has 1 saturated heterocycles. The lowest BCUT2D eigenvalue weighted by molar-refractivity contribution is -0.140. The molecule has 1 aromatic heterocycles. The predicted molar refractivity (Wildman–Crippen MR) is 132 cm³/mol. The Kier molecular flexibility index (Phi) is 7.45. The average Bonchev–Trinajstić information content (AvgIpc) is 3.12. The van der Waals surface area contributed by atoms with Crippen LogP contribution in [0.1, 0.15) is 49.0 Å². The third kappa shape index (κ3) is 5.35. The predicted octanol–water partition coefficient (Wildman–Crippen LogP) is 4.98. The van der Waals surface area contributed by atoms with Gasteiger partial charge in [0.05, 0.1) is 30.5 Å². The smallest absolute Gasteiger partial charge is 0.296 e. The number of carbonyl (C=O) groups is 2. The molecule has 7 heteroatoms. The summed E-state index contributed by atoms with van der Waals surface area (Å²) in [5.41, 5.74) is 1.61. The van der Waals surface area contributed by atoms with E-state index in [1.165, 1.54) is 17.0 Å². The van der Waals surface area contributed by atoms with Crippen molar-refractivity contribution in [3.63, 3.8) is 0 Å². The minimum Gasteiger partial charge on any atom is -0.508 e. The highest BCUT2D eigenvalue weighted by atomic mass is 16.5. The number of phenolic OH excluding ortho intramolecular Hbond substituents is 1. The van der Waals surface area contributed by atoms with Gasteiger partial charge in [-0.2, -0.15) is 0 Å². The van der Waals surface area contributed by atoms with Crippen molar-refractivity contribution in [2.24, 2.45) is 0 Å². The van der Waals surface area contributed by atoms with E-state index in [0.29, 0.717) is 29.2 Å². The molecule has 2 N–H and O–H groups in total. The molecule has 1 aliphatic rings. The lowest BCUT2D eigenvalue weighted by Gasteiger charge is -2.25. The third-order valence-electron chi connectivity index (χ3n) is 5.95. The molecule has 0 spiro atoms. The molecular weight excluding hydrogens is 444 g/mol. The van der Waals surface area contributed by atoms with Gasteiger partial charge in [-0.05, 0) is 60.5 Å². The van der Waals surface area contributed by atoms with Gasteiger partial charge in [0.15, 0.2) is 0 Å². The molecule has 0 radical (unpaired) electrons. The van der Waals surface area contributed by atoms with Gasteiger partial charge in [-0.25, -0.2) is 0 Å². The van der Waals surface area contributed by atoms with Crippen LogP contribution >= 0.6 is 0 Å². The minimum atomic E-state index is -0.831. The Morgan fingerprint density at radius 3 is 2.40 bits per heavy atom. The van der Waals surface area contributed by atoms with Crippen molar-refractivity contribution in [1.82, 2.24) is 9.88 Å². The van der Waals surface area contributed by atoms with Crippen molar-refractivity contribution < 1.29 is 24.5 Å². The first-order chi connectivity index (χ1) is 17.0. The van der Waals surface area contributed by atoms with E-state index in [0.717, 1.165) is 19.3 Å². The number of hydrogen-bond donors (Lipinski definition) is 2. The van der Waals surface area contributed by atoms with E-state index in [4.69, 9.17) is 4.74 Å². The number of amides is 1. The largest absolute Gasteiger partial charge is 0.508 e. The zero-order valence-corrected chi connectivity index (χ0v) is 19.6. The van der Waals surface area contributed by atoms with E-state index < -0.39 is 17.7 Å². The van der Waals surface area contributed by atoms with Crippen molar-refractivity contribution in [3.05, 3.63) is 95.3 Å². The number of aromatic nitrogens is 1. The molecule has 1 unspecified atom stereocenters. The Bertz CT molecular complexity index is 1200. The highest BCUT2D eigenvalue weighted by Gasteiger charge is 2.46. The van der Waals surface area contributed by atoms with Crippen LogP contribution in [0.15, 0.2) is 78.5 Å². The molecule has 0 saturated carbocycles. The number of ketones is 1. The van der Waals surface area contributed by atoms with Crippen LogP contribution in [-0.4, -0.2) is 38.4 Å². The molecule has 0 bridgehead atoms. The maximum Gasteiger partial charge on any atom is 0.296 e. The molecule has 1 amide bonds. The number of hydrogen-bond acceptors (Lipinski definition) is 6. The third-order valence-corrected chi connectivity index (χ3v) is 5.95. The number of phenols is 1. The van der Waals surface area contributed by atoms with Crippen LogP contribution in [0.5, 0.6) is 11.5 Å². The fourth-order valence-electron chi connectivity index (χ4n) is 4.12. The van der Waals surface area contributed by atoms with Gasteiger partial charge >= 0.3 is 0 Å². The quantitative estimate of drug-likeness (QED) is 0.197. The molecule has 1 atom stereocenters. The first kappa shape index (κ1) is 24.0. The van der Waals surface area contributed by atoms with Crippen molar-refractivity contribution in [1.29, 1.82) is 0 Å². The molecule has 180 valence electrons. The fourth-order valence-corrected chi connectivity index (χ4v) is 4.12. The number of rotatable bonds is 9. The molecule has 2 aromatic carbocycles. The number of nitrogens with zero attached hydrogens (tertiary/aromatic N) is 2. The zero-order valence-electron chi connectivity index (χ0n) is 19.6. The second-order valence-corrected chi connectivity index (χ2v) is 8.42. The Morgan fingerprint density at radius 1 is 1.00 bits per heavy atom. The summed E-state index contributed by atoms with van der Waals surface area (Å²) in [5, 5.41) is 20.9. The summed E-state index contributed by atoms with van der Waals surface area (Å²) < 4.78 is 5.73. The number of benzene rings is 2. The SMILES string of the molecule is CCCCCOc1ccc(/C(O)=C2\C(=O)C(=O)N(Cc3ccccn3)C2c2ccc(O)cc2)cc1. The Morgan fingerprint density at radius 2 is 1.74 bits per heavy atom. The van der Waals surface area contributed by atoms with Crippen LogP contribution in [0.25, 0.3) is 5.76 Å². The van der Waals surface area contributed by atoms with Crippen molar-refractivity contribution in [2.75, 3.05) is 6.61 Å². The van der Waals surface area contributed by atoms with E-state index in [2.05, 4.69) is 11.9 Å². The number of carbonyl (C=O) groups excluding carboxylic acids is 2. The maximum atomic E-state index is 13.1. The molecule has 4 rings (SSSR count). The second kappa shape index (κ2) is 10.9. The van der Waals surface area contributed by atoms with Gasteiger partial charge in [-0.1, -0.05) is 38.0 Å². The van der Waals surface area contributed by atoms with E-state index >= 15 is 0 Å². The van der Waals surface area contributed by atoms with Gasteiger partial charge in [0, 0.05) is 11.8 Å². The molecule has 7 nitrogen and oxygen atoms in total. The second-order valence-electron chi connectivity index (χ2n) is 8.42. The molecule has 35 heavy (non-hydrogen) atoms. The van der Waals surface area contributed by atoms with Crippen LogP contribution < -0.4 is 4.74 Å². The molecule has 2 heterocycles. The molecular formula is C28H28N2O5. The summed E-state index contributed by atoms with van der Waals surface area (Å²) in [4.78, 5) is 31.9.